The summed E-state index contributed by atoms with van der Waals surface area (Å²) < 4.78 is 31.8. The van der Waals surface area contributed by atoms with Crippen LogP contribution >= 0.6 is 11.0 Å². The Hall–Kier alpha value is -3.15. The van der Waals surface area contributed by atoms with E-state index in [2.05, 4.69) is 9.12 Å². The normalized spacial score (nSPS) is 20.8. The predicted octanol–water partition coefficient (Wildman–Crippen LogP) is 2.88. The number of aromatic hydroxyl groups is 2. The van der Waals surface area contributed by atoms with Gasteiger partial charge in [0.2, 0.25) is 0 Å². The van der Waals surface area contributed by atoms with Crippen molar-refractivity contribution in [3.63, 3.8) is 0 Å². The van der Waals surface area contributed by atoms with Gasteiger partial charge in [0.25, 0.3) is 5.91 Å². The molecule has 0 spiro atoms. The van der Waals surface area contributed by atoms with Crippen LogP contribution in [0.3, 0.4) is 0 Å². The molecule has 0 saturated carbocycles. The van der Waals surface area contributed by atoms with Gasteiger partial charge in [-0.1, -0.05) is 6.07 Å². The zero-order chi connectivity index (χ0) is 22.2. The molecular formula is C20H24N4O6S. The number of nitrogens with one attached hydrogen (secondary N) is 1. The number of nitrogens with zero attached hydrogens (tertiary/aromatic N) is 2. The molecular weight excluding hydrogens is 424 g/mol. The Morgan fingerprint density at radius 2 is 1.97 bits per heavy atom. The first-order chi connectivity index (χ1) is 14.7. The third kappa shape index (κ3) is 4.48. The quantitative estimate of drug-likeness (QED) is 0.416. The van der Waals surface area contributed by atoms with Crippen molar-refractivity contribution in [3.8, 4) is 17.2 Å². The van der Waals surface area contributed by atoms with Crippen molar-refractivity contribution in [2.45, 2.75) is 25.3 Å². The van der Waals surface area contributed by atoms with Gasteiger partial charge in [0.05, 0.1) is 17.3 Å². The maximum Gasteiger partial charge on any atom is 0.254 e. The largest absolute Gasteiger partial charge is 0.508 e. The lowest BCUT2D eigenvalue weighted by molar-refractivity contribution is 0.0527. The standard InChI is InChI=1S/C20H24N4O6S/c21-19-18-16(22-31(28,29)23-19)5-3-6-17(18)30-11-13-4-1-2-7-24(13)20(27)12-8-14(25)10-15(26)9-12/h3,5-6,8-10,13,22,25-26,28-29H,1-2,4,7,11H2,(H2,21,23)/t13-/m1/s1. The molecule has 31 heavy (non-hydrogen) atoms. The van der Waals surface area contributed by atoms with Crippen LogP contribution in [0.2, 0.25) is 0 Å². The van der Waals surface area contributed by atoms with E-state index in [4.69, 9.17) is 10.5 Å². The lowest BCUT2D eigenvalue weighted by Crippen LogP contribution is -2.46. The monoisotopic (exact) mass is 448 g/mol. The third-order valence-electron chi connectivity index (χ3n) is 5.22. The highest BCUT2D eigenvalue weighted by molar-refractivity contribution is 8.24. The smallest absolute Gasteiger partial charge is 0.254 e. The number of hydrogen-bond acceptors (Lipinski definition) is 9. The topological polar surface area (TPSA) is 161 Å². The molecule has 4 rings (SSSR count). The predicted molar refractivity (Wildman–Crippen MR) is 118 cm³/mol. The molecule has 2 aliphatic heterocycles. The molecule has 0 unspecified atom stereocenters. The Bertz CT molecular complexity index is 1020. The number of anilines is 1. The molecule has 7 N–H and O–H groups in total. The number of rotatable bonds is 4. The molecule has 2 aliphatic rings. The average molecular weight is 449 g/mol. The van der Waals surface area contributed by atoms with Crippen LogP contribution in [0.1, 0.15) is 35.2 Å². The second-order valence-electron chi connectivity index (χ2n) is 7.47. The summed E-state index contributed by atoms with van der Waals surface area (Å²) in [7, 11) is -3.39. The zero-order valence-electron chi connectivity index (χ0n) is 16.6. The van der Waals surface area contributed by atoms with E-state index in [1.165, 1.54) is 18.2 Å². The molecule has 0 radical (unpaired) electrons. The summed E-state index contributed by atoms with van der Waals surface area (Å²) in [6, 6.07) is 8.62. The van der Waals surface area contributed by atoms with Gasteiger partial charge in [0.15, 0.2) is 5.84 Å². The van der Waals surface area contributed by atoms with Gasteiger partial charge in [-0.25, -0.2) is 0 Å². The minimum atomic E-state index is -3.39. The highest BCUT2D eigenvalue weighted by Gasteiger charge is 2.30. The number of ether oxygens (including phenoxy) is 1. The number of phenols is 2. The molecule has 2 heterocycles. The second kappa shape index (κ2) is 8.17. The molecule has 0 aliphatic carbocycles. The number of amidine groups is 1. The highest BCUT2D eigenvalue weighted by Crippen LogP contribution is 2.46. The van der Waals surface area contributed by atoms with Gasteiger partial charge in [0, 0.05) is 18.2 Å². The molecule has 1 fully saturated rings. The van der Waals surface area contributed by atoms with E-state index >= 15 is 0 Å². The second-order valence-corrected chi connectivity index (χ2v) is 8.90. The van der Waals surface area contributed by atoms with E-state index < -0.39 is 11.0 Å². The number of likely N-dealkylation sites (tertiary alicyclic amines) is 1. The van der Waals surface area contributed by atoms with Gasteiger partial charge in [-0.15, -0.1) is 4.40 Å². The van der Waals surface area contributed by atoms with Gasteiger partial charge in [0.1, 0.15) is 23.9 Å². The molecule has 0 aromatic heterocycles. The average Bonchev–Trinajstić information content (AvgIpc) is 2.70. The first-order valence-corrected chi connectivity index (χ1v) is 11.3. The van der Waals surface area contributed by atoms with Gasteiger partial charge in [-0.2, -0.15) is 0 Å². The van der Waals surface area contributed by atoms with Crippen molar-refractivity contribution >= 4 is 28.4 Å². The molecule has 166 valence electrons. The molecule has 2 aromatic rings. The van der Waals surface area contributed by atoms with E-state index in [9.17, 15) is 24.1 Å². The van der Waals surface area contributed by atoms with Crippen LogP contribution in [-0.4, -0.2) is 55.2 Å². The molecule has 1 amide bonds. The van der Waals surface area contributed by atoms with Gasteiger partial charge < -0.3 is 25.6 Å². The zero-order valence-corrected chi connectivity index (χ0v) is 17.4. The van der Waals surface area contributed by atoms with E-state index in [0.29, 0.717) is 23.5 Å². The number of carbonyl (C=O) groups excluding carboxylic acids is 1. The fourth-order valence-corrected chi connectivity index (χ4v) is 4.74. The SMILES string of the molecule is NC1=NS(O)(O)Nc2cccc(OC[C@H]3CCCCN3C(=O)c3cc(O)cc(O)c3)c21. The molecule has 11 heteroatoms. The van der Waals surface area contributed by atoms with Crippen LogP contribution in [0, 0.1) is 0 Å². The Morgan fingerprint density at radius 1 is 1.23 bits per heavy atom. The van der Waals surface area contributed by atoms with E-state index in [-0.39, 0.29) is 41.5 Å². The Kier molecular flexibility index (Phi) is 5.56. The highest BCUT2D eigenvalue weighted by atomic mass is 32.3. The summed E-state index contributed by atoms with van der Waals surface area (Å²) in [5.74, 6) is -0.300. The lowest BCUT2D eigenvalue weighted by Gasteiger charge is -2.36. The maximum atomic E-state index is 13.0. The summed E-state index contributed by atoms with van der Waals surface area (Å²) in [5, 5.41) is 19.4. The number of amides is 1. The Labute approximate surface area is 180 Å². The van der Waals surface area contributed by atoms with Gasteiger partial charge >= 0.3 is 0 Å². The van der Waals surface area contributed by atoms with Crippen molar-refractivity contribution in [1.29, 1.82) is 0 Å². The Balaban J connectivity index is 1.53. The van der Waals surface area contributed by atoms with Crippen molar-refractivity contribution < 1.29 is 28.8 Å². The van der Waals surface area contributed by atoms with Crippen LogP contribution in [0.15, 0.2) is 40.8 Å². The number of phenolic OH excluding ortho intramolecular Hbond substituents is 2. The number of fused-ring (bicyclic) bond motifs is 1. The van der Waals surface area contributed by atoms with Crippen molar-refractivity contribution in [2.24, 2.45) is 10.1 Å². The van der Waals surface area contributed by atoms with Gasteiger partial charge in [-0.05, 0) is 54.5 Å². The van der Waals surface area contributed by atoms with Crippen molar-refractivity contribution in [3.05, 3.63) is 47.5 Å². The van der Waals surface area contributed by atoms with Gasteiger partial charge in [-0.3, -0.25) is 18.6 Å². The molecule has 1 atom stereocenters. The lowest BCUT2D eigenvalue weighted by atomic mass is 10.0. The first kappa shape index (κ1) is 21.1. The summed E-state index contributed by atoms with van der Waals surface area (Å²) in [6.07, 6.45) is 2.51. The first-order valence-electron chi connectivity index (χ1n) is 9.75. The minimum Gasteiger partial charge on any atom is -0.508 e. The molecule has 10 nitrogen and oxygen atoms in total. The van der Waals surface area contributed by atoms with Crippen LogP contribution < -0.4 is 15.2 Å². The van der Waals surface area contributed by atoms with Crippen molar-refractivity contribution in [2.75, 3.05) is 17.9 Å². The van der Waals surface area contributed by atoms with Crippen molar-refractivity contribution in [1.82, 2.24) is 4.90 Å². The van der Waals surface area contributed by atoms with Crippen LogP contribution in [0.25, 0.3) is 0 Å². The van der Waals surface area contributed by atoms with Crippen LogP contribution in [0.4, 0.5) is 5.69 Å². The number of carbonyl (C=O) groups is 1. The summed E-state index contributed by atoms with van der Waals surface area (Å²) in [6.45, 7) is 0.721. The van der Waals surface area contributed by atoms with Crippen LogP contribution in [0.5, 0.6) is 17.2 Å². The van der Waals surface area contributed by atoms with Crippen LogP contribution in [-0.2, 0) is 0 Å². The van der Waals surface area contributed by atoms with E-state index in [0.717, 1.165) is 19.3 Å². The summed E-state index contributed by atoms with van der Waals surface area (Å²) in [5.41, 5.74) is 6.96. The summed E-state index contributed by atoms with van der Waals surface area (Å²) in [4.78, 5) is 14.7. The molecule has 0 bridgehead atoms. The number of benzene rings is 2. The number of hydrogen-bond donors (Lipinski definition) is 6. The fraction of sp³-hybridized carbons (Fsp3) is 0.300. The third-order valence-corrected chi connectivity index (χ3v) is 6.17. The number of nitrogens with two attached hydrogens (primary N) is 1. The summed E-state index contributed by atoms with van der Waals surface area (Å²) >= 11 is 0. The maximum absolute atomic E-state index is 13.0. The number of piperidine rings is 1. The minimum absolute atomic E-state index is 0.0452. The van der Waals surface area contributed by atoms with E-state index in [1.807, 2.05) is 0 Å². The Morgan fingerprint density at radius 3 is 2.71 bits per heavy atom. The molecule has 1 saturated heterocycles. The van der Waals surface area contributed by atoms with E-state index in [1.54, 1.807) is 23.1 Å². The fourth-order valence-electron chi connectivity index (χ4n) is 3.87. The molecule has 2 aromatic carbocycles.